The van der Waals surface area contributed by atoms with Crippen molar-refractivity contribution in [3.63, 3.8) is 0 Å². The molecule has 80 valence electrons. The second-order valence-electron chi connectivity index (χ2n) is 5.17. The molecule has 1 aliphatic rings. The summed E-state index contributed by atoms with van der Waals surface area (Å²) in [5, 5.41) is 0. The van der Waals surface area contributed by atoms with Crippen molar-refractivity contribution in [3.05, 3.63) is 23.8 Å². The zero-order valence-corrected chi connectivity index (χ0v) is 10.1. The van der Waals surface area contributed by atoms with Gasteiger partial charge in [-0.05, 0) is 50.9 Å². The summed E-state index contributed by atoms with van der Waals surface area (Å²) in [6.07, 6.45) is 3.34. The van der Waals surface area contributed by atoms with Crippen molar-refractivity contribution in [1.29, 1.82) is 0 Å². The summed E-state index contributed by atoms with van der Waals surface area (Å²) < 4.78 is 8.01. The van der Waals surface area contributed by atoms with E-state index >= 15 is 0 Å². The quantitative estimate of drug-likeness (QED) is 0.575. The third-order valence-corrected chi connectivity index (χ3v) is 3.26. The van der Waals surface area contributed by atoms with Gasteiger partial charge in [0, 0.05) is 0 Å². The van der Waals surface area contributed by atoms with Crippen LogP contribution in [0.2, 0.25) is 0 Å². The first kappa shape index (κ1) is 10.0. The molecule has 0 unspecified atom stereocenters. The molecule has 1 aliphatic carbocycles. The fourth-order valence-corrected chi connectivity index (χ4v) is 2.25. The van der Waals surface area contributed by atoms with E-state index in [1.807, 2.05) is 0 Å². The van der Waals surface area contributed by atoms with Crippen LogP contribution in [-0.4, -0.2) is 0 Å². The van der Waals surface area contributed by atoms with Crippen LogP contribution < -0.4 is 0 Å². The Kier molecular flexibility index (Phi) is 3.44. The molecule has 14 heavy (non-hydrogen) atoms. The predicted octanol–water partition coefficient (Wildman–Crippen LogP) is 4.58. The Morgan fingerprint density at radius 1 is 1.71 bits per heavy atom. The van der Waals surface area contributed by atoms with Crippen LogP contribution in [0, 0.1) is 17.8 Å². The molecule has 2 atom stereocenters. The van der Waals surface area contributed by atoms with Crippen LogP contribution in [0.5, 0.6) is 0 Å². The molecule has 0 nitrogen and oxygen atoms in total. The monoisotopic (exact) mass is 193 g/mol. The second kappa shape index (κ2) is 4.82. The predicted molar refractivity (Wildman–Crippen MR) is 64.2 cm³/mol. The molecule has 0 heterocycles. The number of allylic oxidation sites excluding steroid dienone is 3. The lowest BCUT2D eigenvalue weighted by Gasteiger charge is -2.30. The summed E-state index contributed by atoms with van der Waals surface area (Å²) in [6, 6.07) is 0.861. The fourth-order valence-electron chi connectivity index (χ4n) is 2.25. The summed E-state index contributed by atoms with van der Waals surface area (Å²) in [6.45, 7) is 12.8. The van der Waals surface area contributed by atoms with Crippen LogP contribution in [0.3, 0.4) is 0 Å². The summed E-state index contributed by atoms with van der Waals surface area (Å²) in [4.78, 5) is 0. The molecule has 0 radical (unpaired) electrons. The molecule has 0 bridgehead atoms. The molecule has 0 fully saturated rings. The highest BCUT2D eigenvalue weighted by molar-refractivity contribution is 5.13. The Morgan fingerprint density at radius 2 is 2.36 bits per heavy atom. The fraction of sp³-hybridized carbons (Fsp3) is 0.714. The van der Waals surface area contributed by atoms with Gasteiger partial charge >= 0.3 is 0 Å². The molecule has 0 aromatic carbocycles. The van der Waals surface area contributed by atoms with Gasteiger partial charge in [0.1, 0.15) is 0 Å². The maximum atomic E-state index is 8.01. The molecule has 0 aromatic heterocycles. The topological polar surface area (TPSA) is 0 Å². The highest BCUT2D eigenvalue weighted by Gasteiger charge is 2.22. The van der Waals surface area contributed by atoms with E-state index in [1.54, 1.807) is 0 Å². The minimum absolute atomic E-state index is 0.546. The van der Waals surface area contributed by atoms with E-state index in [0.717, 1.165) is 18.4 Å². The zero-order chi connectivity index (χ0) is 11.6. The SMILES string of the molecule is [2H]C1=C(C)[C@@H](CC(C)C)C[C@@H](C(=C)C)C1. The average Bonchev–Trinajstić information content (AvgIpc) is 2.11. The van der Waals surface area contributed by atoms with E-state index in [4.69, 9.17) is 1.37 Å². The van der Waals surface area contributed by atoms with E-state index < -0.39 is 0 Å². The first-order valence-electron chi connectivity index (χ1n) is 6.23. The average molecular weight is 193 g/mol. The molecule has 0 amide bonds. The molecule has 0 aromatic rings. The first-order valence-corrected chi connectivity index (χ1v) is 5.73. The maximum absolute atomic E-state index is 8.01. The van der Waals surface area contributed by atoms with Gasteiger partial charge in [0.25, 0.3) is 0 Å². The van der Waals surface area contributed by atoms with Crippen LogP contribution in [-0.2, 0) is 0 Å². The van der Waals surface area contributed by atoms with Crippen LogP contribution in [0.4, 0.5) is 0 Å². The van der Waals surface area contributed by atoms with E-state index in [2.05, 4.69) is 34.3 Å². The van der Waals surface area contributed by atoms with Gasteiger partial charge in [-0.1, -0.05) is 37.6 Å². The highest BCUT2D eigenvalue weighted by atomic mass is 14.3. The lowest BCUT2D eigenvalue weighted by Crippen LogP contribution is -2.17. The van der Waals surface area contributed by atoms with Gasteiger partial charge < -0.3 is 0 Å². The van der Waals surface area contributed by atoms with Gasteiger partial charge in [-0.25, -0.2) is 0 Å². The first-order chi connectivity index (χ1) is 6.91. The standard InChI is InChI=1S/C14H24/c1-10(2)8-14-9-13(11(3)4)7-6-12(14)5/h6,10,13-14H,3,7-9H2,1-2,4-5H3/t13-,14-/m0/s1/i6D. The third-order valence-electron chi connectivity index (χ3n) is 3.26. The van der Waals surface area contributed by atoms with E-state index in [9.17, 15) is 0 Å². The van der Waals surface area contributed by atoms with E-state index in [1.165, 1.54) is 24.0 Å². The molecular weight excluding hydrogens is 168 g/mol. The third kappa shape index (κ3) is 3.01. The normalized spacial score (nSPS) is 29.4. The van der Waals surface area contributed by atoms with Gasteiger partial charge in [-0.15, -0.1) is 0 Å². The molecule has 1 rings (SSSR count). The van der Waals surface area contributed by atoms with Crippen molar-refractivity contribution in [3.8, 4) is 0 Å². The lowest BCUT2D eigenvalue weighted by atomic mass is 9.76. The molecule has 0 heteroatoms. The second-order valence-corrected chi connectivity index (χ2v) is 5.17. The van der Waals surface area contributed by atoms with Crippen LogP contribution in [0.15, 0.2) is 23.8 Å². The number of hydrogen-bond donors (Lipinski definition) is 0. The molecule has 0 N–H and O–H groups in total. The molecular formula is C14H24. The van der Waals surface area contributed by atoms with Crippen molar-refractivity contribution in [1.82, 2.24) is 0 Å². The van der Waals surface area contributed by atoms with Gasteiger partial charge in [-0.2, -0.15) is 0 Å². The van der Waals surface area contributed by atoms with Gasteiger partial charge in [0.15, 0.2) is 0 Å². The summed E-state index contributed by atoms with van der Waals surface area (Å²) in [5.41, 5.74) is 2.57. The summed E-state index contributed by atoms with van der Waals surface area (Å²) >= 11 is 0. The smallest absolute Gasteiger partial charge is 0.0576 e. The number of rotatable bonds is 3. The van der Waals surface area contributed by atoms with E-state index in [0.29, 0.717) is 11.8 Å². The Labute approximate surface area is 90.5 Å². The van der Waals surface area contributed by atoms with Crippen LogP contribution in [0.25, 0.3) is 0 Å². The van der Waals surface area contributed by atoms with Gasteiger partial charge in [0.2, 0.25) is 0 Å². The molecule has 0 saturated heterocycles. The minimum atomic E-state index is 0.546. The van der Waals surface area contributed by atoms with E-state index in [-0.39, 0.29) is 0 Å². The Balaban J connectivity index is 2.78. The van der Waals surface area contributed by atoms with Crippen LogP contribution in [0.1, 0.15) is 48.3 Å². The van der Waals surface area contributed by atoms with Crippen LogP contribution >= 0.6 is 0 Å². The Hall–Kier alpha value is -0.520. The summed E-state index contributed by atoms with van der Waals surface area (Å²) in [5.74, 6) is 1.89. The van der Waals surface area contributed by atoms with Gasteiger partial charge in [0.05, 0.1) is 1.37 Å². The van der Waals surface area contributed by atoms with Crippen molar-refractivity contribution in [2.75, 3.05) is 0 Å². The van der Waals surface area contributed by atoms with Crippen molar-refractivity contribution >= 4 is 0 Å². The largest absolute Gasteiger partial charge is 0.0998 e. The van der Waals surface area contributed by atoms with Crippen molar-refractivity contribution in [2.45, 2.75) is 47.0 Å². The molecule has 0 saturated carbocycles. The maximum Gasteiger partial charge on any atom is 0.0576 e. The van der Waals surface area contributed by atoms with Crippen molar-refractivity contribution in [2.24, 2.45) is 17.8 Å². The Bertz CT molecular complexity index is 273. The summed E-state index contributed by atoms with van der Waals surface area (Å²) in [7, 11) is 0. The highest BCUT2D eigenvalue weighted by Crippen LogP contribution is 2.35. The van der Waals surface area contributed by atoms with Crippen molar-refractivity contribution < 1.29 is 1.37 Å². The zero-order valence-electron chi connectivity index (χ0n) is 11.1. The lowest BCUT2D eigenvalue weighted by molar-refractivity contribution is 0.364. The molecule has 0 spiro atoms. The number of hydrogen-bond acceptors (Lipinski definition) is 0. The minimum Gasteiger partial charge on any atom is -0.0998 e. The molecule has 0 aliphatic heterocycles. The Morgan fingerprint density at radius 3 is 2.86 bits per heavy atom. The van der Waals surface area contributed by atoms with Gasteiger partial charge in [-0.3, -0.25) is 0 Å².